The van der Waals surface area contributed by atoms with E-state index in [0.29, 0.717) is 11.3 Å². The number of hydrogen-bond acceptors (Lipinski definition) is 7. The molecule has 120 valence electrons. The summed E-state index contributed by atoms with van der Waals surface area (Å²) in [6.45, 7) is 0. The van der Waals surface area contributed by atoms with Gasteiger partial charge in [-0.15, -0.1) is 0 Å². The number of rotatable bonds is 6. The lowest BCUT2D eigenvalue weighted by Gasteiger charge is -2.05. The van der Waals surface area contributed by atoms with Gasteiger partial charge in [0.2, 0.25) is 0 Å². The number of nitrogens with one attached hydrogen (secondary N) is 1. The molecule has 2 rings (SSSR count). The monoisotopic (exact) mass is 325 g/mol. The number of anilines is 1. The van der Waals surface area contributed by atoms with Gasteiger partial charge in [-0.3, -0.25) is 25.7 Å². The lowest BCUT2D eigenvalue weighted by molar-refractivity contribution is -0.393. The Labute approximate surface area is 136 Å². The average Bonchev–Trinajstić information content (AvgIpc) is 2.59. The van der Waals surface area contributed by atoms with Crippen LogP contribution in [0.2, 0.25) is 0 Å². The maximum Gasteiger partial charge on any atom is 0.301 e. The number of nitro groups is 2. The van der Waals surface area contributed by atoms with Crippen molar-refractivity contribution < 1.29 is 9.85 Å². The minimum atomic E-state index is -0.739. The zero-order chi connectivity index (χ0) is 17.5. The molecule has 9 nitrogen and oxygen atoms in total. The average molecular weight is 325 g/mol. The van der Waals surface area contributed by atoms with Gasteiger partial charge in [-0.05, 0) is 11.6 Å². The van der Waals surface area contributed by atoms with Gasteiger partial charge in [0, 0.05) is 6.07 Å². The highest BCUT2D eigenvalue weighted by molar-refractivity contribution is 6.02. The molecule has 0 aliphatic heterocycles. The molecule has 0 amide bonds. The van der Waals surface area contributed by atoms with Crippen molar-refractivity contribution in [2.75, 3.05) is 5.43 Å². The highest BCUT2D eigenvalue weighted by Crippen LogP contribution is 2.29. The zero-order valence-corrected chi connectivity index (χ0v) is 12.2. The number of benzene rings is 2. The number of nitrogens with zero attached hydrogens (tertiary/aromatic N) is 4. The van der Waals surface area contributed by atoms with E-state index in [1.807, 2.05) is 12.1 Å². The number of hydrogen-bond donors (Lipinski definition) is 1. The molecule has 0 saturated carbocycles. The van der Waals surface area contributed by atoms with Crippen LogP contribution in [0.1, 0.15) is 12.0 Å². The summed E-state index contributed by atoms with van der Waals surface area (Å²) in [5, 5.41) is 34.7. The summed E-state index contributed by atoms with van der Waals surface area (Å²) in [5.41, 5.74) is 2.73. The van der Waals surface area contributed by atoms with Crippen molar-refractivity contribution in [2.24, 2.45) is 5.10 Å². The fourth-order valence-corrected chi connectivity index (χ4v) is 1.92. The molecule has 0 spiro atoms. The Kier molecular flexibility index (Phi) is 5.15. The third-order valence-corrected chi connectivity index (χ3v) is 3.05. The van der Waals surface area contributed by atoms with Crippen LogP contribution in [-0.2, 0) is 0 Å². The van der Waals surface area contributed by atoms with Crippen molar-refractivity contribution in [2.45, 2.75) is 6.42 Å². The maximum atomic E-state index is 11.1. The van der Waals surface area contributed by atoms with Crippen molar-refractivity contribution in [1.82, 2.24) is 0 Å². The van der Waals surface area contributed by atoms with Crippen LogP contribution in [0, 0.1) is 31.6 Å². The topological polar surface area (TPSA) is 134 Å². The second-order valence-electron chi connectivity index (χ2n) is 4.59. The van der Waals surface area contributed by atoms with E-state index in [2.05, 4.69) is 10.5 Å². The van der Waals surface area contributed by atoms with Crippen LogP contribution >= 0.6 is 0 Å². The number of nitro benzene ring substituents is 2. The largest absolute Gasteiger partial charge is 0.301 e. The highest BCUT2D eigenvalue weighted by Gasteiger charge is 2.19. The first kappa shape index (κ1) is 16.6. The third-order valence-electron chi connectivity index (χ3n) is 3.05. The van der Waals surface area contributed by atoms with Crippen LogP contribution in [0.5, 0.6) is 0 Å². The predicted octanol–water partition coefficient (Wildman–Crippen LogP) is 3.23. The lowest BCUT2D eigenvalue weighted by atomic mass is 10.1. The molecule has 2 aromatic carbocycles. The van der Waals surface area contributed by atoms with Crippen LogP contribution in [0.25, 0.3) is 0 Å². The minimum Gasteiger partial charge on any atom is -0.271 e. The van der Waals surface area contributed by atoms with E-state index in [1.165, 1.54) is 6.07 Å². The SMILES string of the molecule is N#CC/C(=N\Nc1ccc([N+](=O)[O-])cc1[N+](=O)[O-])c1ccccc1. The molecule has 0 fully saturated rings. The first-order chi connectivity index (χ1) is 11.5. The molecule has 9 heteroatoms. The second-order valence-corrected chi connectivity index (χ2v) is 4.59. The van der Waals surface area contributed by atoms with Gasteiger partial charge in [0.15, 0.2) is 0 Å². The van der Waals surface area contributed by atoms with Gasteiger partial charge in [0.05, 0.1) is 34.1 Å². The number of nitriles is 1. The van der Waals surface area contributed by atoms with E-state index in [4.69, 9.17) is 5.26 Å². The van der Waals surface area contributed by atoms with Gasteiger partial charge in [0.25, 0.3) is 5.69 Å². The van der Waals surface area contributed by atoms with Gasteiger partial charge in [-0.1, -0.05) is 30.3 Å². The standard InChI is InChI=1S/C15H11N5O4/c16-9-8-13(11-4-2-1-3-5-11)17-18-14-7-6-12(19(21)22)10-15(14)20(23)24/h1-7,10,18H,8H2/b17-13+. The summed E-state index contributed by atoms with van der Waals surface area (Å²) < 4.78 is 0. The first-order valence-electron chi connectivity index (χ1n) is 6.70. The molecule has 1 N–H and O–H groups in total. The fraction of sp³-hybridized carbons (Fsp3) is 0.0667. The summed E-state index contributed by atoms with van der Waals surface area (Å²) in [4.78, 5) is 20.3. The molecule has 0 aromatic heterocycles. The molecule has 0 unspecified atom stereocenters. The molecule has 0 saturated heterocycles. The fourth-order valence-electron chi connectivity index (χ4n) is 1.92. The van der Waals surface area contributed by atoms with Crippen LogP contribution in [0.4, 0.5) is 17.1 Å². The molecular formula is C15H11N5O4. The highest BCUT2D eigenvalue weighted by atomic mass is 16.6. The number of hydrazone groups is 1. The summed E-state index contributed by atoms with van der Waals surface area (Å²) in [5.74, 6) is 0. The van der Waals surface area contributed by atoms with Gasteiger partial charge >= 0.3 is 5.69 Å². The quantitative estimate of drug-likeness (QED) is 0.492. The van der Waals surface area contributed by atoms with Crippen molar-refractivity contribution in [3.05, 3.63) is 74.3 Å². The maximum absolute atomic E-state index is 11.1. The Morgan fingerprint density at radius 2 is 1.83 bits per heavy atom. The Morgan fingerprint density at radius 3 is 2.42 bits per heavy atom. The first-order valence-corrected chi connectivity index (χ1v) is 6.70. The third kappa shape index (κ3) is 3.89. The lowest BCUT2D eigenvalue weighted by Crippen LogP contribution is -2.05. The summed E-state index contributed by atoms with van der Waals surface area (Å²) in [6.07, 6.45) is -0.00219. The van der Waals surface area contributed by atoms with Crippen molar-refractivity contribution in [3.63, 3.8) is 0 Å². The molecule has 0 bridgehead atoms. The van der Waals surface area contributed by atoms with Crippen molar-refractivity contribution in [1.29, 1.82) is 5.26 Å². The summed E-state index contributed by atoms with van der Waals surface area (Å²) in [7, 11) is 0. The van der Waals surface area contributed by atoms with E-state index >= 15 is 0 Å². The van der Waals surface area contributed by atoms with E-state index in [1.54, 1.807) is 24.3 Å². The Morgan fingerprint density at radius 1 is 1.12 bits per heavy atom. The van der Waals surface area contributed by atoms with Gasteiger partial charge in [0.1, 0.15) is 5.69 Å². The zero-order valence-electron chi connectivity index (χ0n) is 12.2. The summed E-state index contributed by atoms with van der Waals surface area (Å²) in [6, 6.07) is 14.0. The molecule has 0 aliphatic rings. The Bertz CT molecular complexity index is 843. The molecular weight excluding hydrogens is 314 g/mol. The molecule has 24 heavy (non-hydrogen) atoms. The normalized spacial score (nSPS) is 10.7. The number of non-ortho nitro benzene ring substituents is 1. The molecule has 2 aromatic rings. The van der Waals surface area contributed by atoms with E-state index < -0.39 is 21.2 Å². The van der Waals surface area contributed by atoms with Gasteiger partial charge in [-0.25, -0.2) is 0 Å². The van der Waals surface area contributed by atoms with Crippen molar-refractivity contribution in [3.8, 4) is 6.07 Å². The minimum absolute atomic E-state index is 0.00219. The molecule has 0 atom stereocenters. The van der Waals surface area contributed by atoms with Crippen LogP contribution in [0.3, 0.4) is 0 Å². The Balaban J connectivity index is 2.37. The van der Waals surface area contributed by atoms with Crippen LogP contribution in [-0.4, -0.2) is 15.6 Å². The van der Waals surface area contributed by atoms with E-state index in [0.717, 1.165) is 12.1 Å². The summed E-state index contributed by atoms with van der Waals surface area (Å²) >= 11 is 0. The molecule has 0 radical (unpaired) electrons. The van der Waals surface area contributed by atoms with E-state index in [-0.39, 0.29) is 12.1 Å². The van der Waals surface area contributed by atoms with Gasteiger partial charge < -0.3 is 0 Å². The smallest absolute Gasteiger partial charge is 0.271 e. The second kappa shape index (κ2) is 7.46. The predicted molar refractivity (Wildman–Crippen MR) is 86.6 cm³/mol. The Hall–Kier alpha value is -3.80. The van der Waals surface area contributed by atoms with E-state index in [9.17, 15) is 20.2 Å². The molecule has 0 aliphatic carbocycles. The van der Waals surface area contributed by atoms with Crippen molar-refractivity contribution >= 4 is 22.8 Å². The van der Waals surface area contributed by atoms with Crippen LogP contribution in [0.15, 0.2) is 53.6 Å². The molecule has 0 heterocycles. The van der Waals surface area contributed by atoms with Crippen LogP contribution < -0.4 is 5.43 Å². The van der Waals surface area contributed by atoms with Gasteiger partial charge in [-0.2, -0.15) is 10.4 Å².